The summed E-state index contributed by atoms with van der Waals surface area (Å²) in [7, 11) is 0. The molecule has 2 aromatic rings. The van der Waals surface area contributed by atoms with Crippen molar-refractivity contribution in [2.45, 2.75) is 44.7 Å². The number of morpholine rings is 1. The van der Waals surface area contributed by atoms with Crippen molar-refractivity contribution in [1.29, 1.82) is 0 Å². The van der Waals surface area contributed by atoms with E-state index in [0.29, 0.717) is 33.3 Å². The summed E-state index contributed by atoms with van der Waals surface area (Å²) < 4.78 is 5.45. The highest BCUT2D eigenvalue weighted by Crippen LogP contribution is 2.30. The van der Waals surface area contributed by atoms with Crippen LogP contribution >= 0.6 is 22.9 Å². The molecule has 0 bridgehead atoms. The molecule has 3 heterocycles. The number of thiazole rings is 1. The van der Waals surface area contributed by atoms with Gasteiger partial charge in [-0.3, -0.25) is 9.69 Å². The third kappa shape index (κ3) is 3.83. The molecule has 1 saturated carbocycles. The van der Waals surface area contributed by atoms with Crippen LogP contribution in [0.3, 0.4) is 0 Å². The minimum absolute atomic E-state index is 0.0684. The van der Waals surface area contributed by atoms with E-state index in [4.69, 9.17) is 16.3 Å². The standard InChI is InChI=1S/C17H22ClN5O2S/c1-10(24)15-20-13-14(21-17(18)22-16(13)26-15)19-11-2-4-12(5-3-11)23-6-8-25-9-7-23/h11-12H,2-9H2,1H3,(H,19,21,22)/t11-,12-. The summed E-state index contributed by atoms with van der Waals surface area (Å²) in [6.45, 7) is 5.28. The van der Waals surface area contributed by atoms with E-state index in [-0.39, 0.29) is 11.1 Å². The van der Waals surface area contributed by atoms with Crippen LogP contribution in [-0.2, 0) is 4.74 Å². The molecule has 1 aliphatic carbocycles. The van der Waals surface area contributed by atoms with E-state index in [9.17, 15) is 4.79 Å². The van der Waals surface area contributed by atoms with Gasteiger partial charge in [-0.1, -0.05) is 11.3 Å². The number of hydrogen-bond acceptors (Lipinski definition) is 8. The van der Waals surface area contributed by atoms with Gasteiger partial charge in [-0.2, -0.15) is 4.98 Å². The summed E-state index contributed by atoms with van der Waals surface area (Å²) >= 11 is 7.33. The van der Waals surface area contributed by atoms with Gasteiger partial charge in [0, 0.05) is 32.1 Å². The van der Waals surface area contributed by atoms with Gasteiger partial charge in [0.2, 0.25) is 5.28 Å². The van der Waals surface area contributed by atoms with Crippen molar-refractivity contribution >= 4 is 44.9 Å². The van der Waals surface area contributed by atoms with E-state index in [2.05, 4.69) is 25.2 Å². The number of ether oxygens (including phenoxy) is 1. The van der Waals surface area contributed by atoms with Crippen molar-refractivity contribution in [2.24, 2.45) is 0 Å². The van der Waals surface area contributed by atoms with Crippen LogP contribution in [0.25, 0.3) is 10.3 Å². The number of fused-ring (bicyclic) bond motifs is 1. The number of ketones is 1. The van der Waals surface area contributed by atoms with E-state index < -0.39 is 0 Å². The maximum absolute atomic E-state index is 11.6. The molecule has 2 aliphatic rings. The zero-order valence-electron chi connectivity index (χ0n) is 14.7. The lowest BCUT2D eigenvalue weighted by molar-refractivity contribution is 0.00791. The SMILES string of the molecule is CC(=O)c1nc2c(N[C@H]3CC[C@H](N4CCOCC4)CC3)nc(Cl)nc2s1. The first-order chi connectivity index (χ1) is 12.6. The fraction of sp³-hybridized carbons (Fsp3) is 0.647. The quantitative estimate of drug-likeness (QED) is 0.629. The Bertz CT molecular complexity index is 800. The number of anilines is 1. The lowest BCUT2D eigenvalue weighted by atomic mass is 9.90. The van der Waals surface area contributed by atoms with Crippen LogP contribution in [0.5, 0.6) is 0 Å². The van der Waals surface area contributed by atoms with Crippen molar-refractivity contribution < 1.29 is 9.53 Å². The first kappa shape index (κ1) is 18.0. The molecule has 0 amide bonds. The molecule has 7 nitrogen and oxygen atoms in total. The van der Waals surface area contributed by atoms with Crippen LogP contribution < -0.4 is 5.32 Å². The predicted molar refractivity (Wildman–Crippen MR) is 102 cm³/mol. The Hall–Kier alpha value is -1.35. The van der Waals surface area contributed by atoms with Crippen LogP contribution in [0.4, 0.5) is 5.82 Å². The second-order valence-electron chi connectivity index (χ2n) is 6.87. The molecule has 140 valence electrons. The molecule has 4 rings (SSSR count). The summed E-state index contributed by atoms with van der Waals surface area (Å²) in [5.41, 5.74) is 0.639. The highest BCUT2D eigenvalue weighted by atomic mass is 35.5. The summed E-state index contributed by atoms with van der Waals surface area (Å²) in [5, 5.41) is 4.12. The third-order valence-corrected chi connectivity index (χ3v) is 6.35. The normalized spacial score (nSPS) is 24.7. The van der Waals surface area contributed by atoms with E-state index in [0.717, 1.165) is 52.0 Å². The Morgan fingerprint density at radius 1 is 1.19 bits per heavy atom. The topological polar surface area (TPSA) is 80.2 Å². The van der Waals surface area contributed by atoms with Crippen LogP contribution in [0.1, 0.15) is 42.4 Å². The van der Waals surface area contributed by atoms with Gasteiger partial charge in [-0.05, 0) is 37.3 Å². The molecule has 2 aromatic heterocycles. The minimum atomic E-state index is -0.0684. The van der Waals surface area contributed by atoms with Gasteiger partial charge in [0.05, 0.1) is 13.2 Å². The molecular weight excluding hydrogens is 374 g/mol. The molecule has 0 radical (unpaired) electrons. The van der Waals surface area contributed by atoms with Gasteiger partial charge in [0.25, 0.3) is 0 Å². The van der Waals surface area contributed by atoms with Gasteiger partial charge >= 0.3 is 0 Å². The Labute approximate surface area is 161 Å². The van der Waals surface area contributed by atoms with E-state index >= 15 is 0 Å². The van der Waals surface area contributed by atoms with Gasteiger partial charge in [-0.15, -0.1) is 0 Å². The number of rotatable bonds is 4. The molecule has 1 saturated heterocycles. The molecule has 0 aromatic carbocycles. The van der Waals surface area contributed by atoms with Crippen LogP contribution in [0, 0.1) is 0 Å². The van der Waals surface area contributed by atoms with Gasteiger partial charge in [0.1, 0.15) is 5.52 Å². The van der Waals surface area contributed by atoms with E-state index in [1.165, 1.54) is 18.3 Å². The number of nitrogens with one attached hydrogen (secondary N) is 1. The summed E-state index contributed by atoms with van der Waals surface area (Å²) in [4.78, 5) is 27.8. The van der Waals surface area contributed by atoms with E-state index in [1.807, 2.05) is 0 Å². The molecule has 1 N–H and O–H groups in total. The minimum Gasteiger partial charge on any atom is -0.379 e. The first-order valence-corrected chi connectivity index (χ1v) is 10.2. The fourth-order valence-corrected chi connectivity index (χ4v) is 4.82. The molecule has 0 spiro atoms. The maximum Gasteiger partial charge on any atom is 0.225 e. The number of aromatic nitrogens is 3. The molecule has 9 heteroatoms. The summed E-state index contributed by atoms with van der Waals surface area (Å²) in [6.07, 6.45) is 4.48. The Morgan fingerprint density at radius 2 is 1.92 bits per heavy atom. The van der Waals surface area contributed by atoms with Crippen LogP contribution in [0.15, 0.2) is 0 Å². The van der Waals surface area contributed by atoms with Crippen molar-refractivity contribution in [3.8, 4) is 0 Å². The smallest absolute Gasteiger partial charge is 0.225 e. The average molecular weight is 396 g/mol. The van der Waals surface area contributed by atoms with Crippen molar-refractivity contribution in [3.63, 3.8) is 0 Å². The second kappa shape index (κ2) is 7.72. The predicted octanol–water partition coefficient (Wildman–Crippen LogP) is 3.00. The molecule has 26 heavy (non-hydrogen) atoms. The lowest BCUT2D eigenvalue weighted by Gasteiger charge is -2.39. The molecule has 0 unspecified atom stereocenters. The average Bonchev–Trinajstić information content (AvgIpc) is 3.08. The monoisotopic (exact) mass is 395 g/mol. The second-order valence-corrected chi connectivity index (χ2v) is 8.18. The zero-order chi connectivity index (χ0) is 18.1. The van der Waals surface area contributed by atoms with Gasteiger partial charge in [0.15, 0.2) is 21.4 Å². The van der Waals surface area contributed by atoms with Crippen molar-refractivity contribution in [2.75, 3.05) is 31.6 Å². The lowest BCUT2D eigenvalue weighted by Crippen LogP contribution is -2.46. The Kier molecular flexibility index (Phi) is 5.35. The van der Waals surface area contributed by atoms with Gasteiger partial charge < -0.3 is 10.1 Å². The van der Waals surface area contributed by atoms with Crippen molar-refractivity contribution in [1.82, 2.24) is 19.9 Å². The highest BCUT2D eigenvalue weighted by Gasteiger charge is 2.27. The number of carbonyl (C=O) groups excluding carboxylic acids is 1. The number of hydrogen-bond donors (Lipinski definition) is 1. The van der Waals surface area contributed by atoms with E-state index in [1.54, 1.807) is 0 Å². The zero-order valence-corrected chi connectivity index (χ0v) is 16.3. The number of Topliss-reactive ketones (excluding diaryl/α,β-unsaturated/α-hetero) is 1. The fourth-order valence-electron chi connectivity index (χ4n) is 3.77. The van der Waals surface area contributed by atoms with Crippen molar-refractivity contribution in [3.05, 3.63) is 10.3 Å². The molecule has 0 atom stereocenters. The van der Waals surface area contributed by atoms with Crippen LogP contribution in [-0.4, -0.2) is 64.0 Å². The Morgan fingerprint density at radius 3 is 2.62 bits per heavy atom. The van der Waals surface area contributed by atoms with Gasteiger partial charge in [-0.25, -0.2) is 9.97 Å². The maximum atomic E-state index is 11.6. The third-order valence-electron chi connectivity index (χ3n) is 5.13. The largest absolute Gasteiger partial charge is 0.379 e. The number of halogens is 1. The summed E-state index contributed by atoms with van der Waals surface area (Å²) in [5.74, 6) is 0.569. The van der Waals surface area contributed by atoms with Crippen LogP contribution in [0.2, 0.25) is 5.28 Å². The Balaban J connectivity index is 1.45. The highest BCUT2D eigenvalue weighted by molar-refractivity contribution is 7.20. The number of carbonyl (C=O) groups is 1. The molecule has 1 aliphatic heterocycles. The molecule has 2 fully saturated rings. The first-order valence-electron chi connectivity index (χ1n) is 9.03. The summed E-state index contributed by atoms with van der Waals surface area (Å²) in [6, 6.07) is 0.985. The number of nitrogens with zero attached hydrogens (tertiary/aromatic N) is 4. The molecular formula is C17H22ClN5O2S.